The van der Waals surface area contributed by atoms with Gasteiger partial charge in [0.15, 0.2) is 0 Å². The lowest BCUT2D eigenvalue weighted by molar-refractivity contribution is -0.140. The number of rotatable bonds is 1. The highest BCUT2D eigenvalue weighted by Crippen LogP contribution is 2.37. The van der Waals surface area contributed by atoms with Gasteiger partial charge in [-0.25, -0.2) is 4.79 Å². The molecule has 164 valence electrons. The predicted octanol–water partition coefficient (Wildman–Crippen LogP) is 2.19. The quantitative estimate of drug-likeness (QED) is 0.718. The molecule has 11 heteroatoms. The summed E-state index contributed by atoms with van der Waals surface area (Å²) in [6, 6.07) is 3.53. The number of halogens is 4. The van der Waals surface area contributed by atoms with E-state index in [0.717, 1.165) is 6.07 Å². The fourth-order valence-electron chi connectivity index (χ4n) is 4.16. The van der Waals surface area contributed by atoms with E-state index in [2.05, 4.69) is 5.32 Å². The third kappa shape index (κ3) is 4.29. The van der Waals surface area contributed by atoms with Crippen molar-refractivity contribution in [3.63, 3.8) is 0 Å². The predicted molar refractivity (Wildman–Crippen MR) is 103 cm³/mol. The summed E-state index contributed by atoms with van der Waals surface area (Å²) in [4.78, 5) is 29.7. The number of urea groups is 1. The van der Waals surface area contributed by atoms with E-state index in [1.165, 1.54) is 6.07 Å². The summed E-state index contributed by atoms with van der Waals surface area (Å²) in [7, 11) is 0. The van der Waals surface area contributed by atoms with Crippen molar-refractivity contribution < 1.29 is 27.5 Å². The molecule has 3 amide bonds. The molecular weight excluding hydrogens is 425 g/mol. The molecule has 30 heavy (non-hydrogen) atoms. The first-order chi connectivity index (χ1) is 14.2. The highest BCUT2D eigenvalue weighted by atomic mass is 35.5. The molecule has 1 N–H and O–H groups in total. The molecule has 0 aliphatic carbocycles. The average Bonchev–Trinajstić information content (AvgIpc) is 2.72. The molecule has 3 fully saturated rings. The lowest BCUT2D eigenvalue weighted by Gasteiger charge is -2.44. The zero-order valence-corrected chi connectivity index (χ0v) is 16.9. The van der Waals surface area contributed by atoms with Crippen LogP contribution in [0, 0.1) is 0 Å². The second-order valence-corrected chi connectivity index (χ2v) is 8.08. The van der Waals surface area contributed by atoms with Gasteiger partial charge in [0.1, 0.15) is 6.61 Å². The summed E-state index contributed by atoms with van der Waals surface area (Å²) in [5, 5.41) is 2.54. The number of piperazine rings is 1. The lowest BCUT2D eigenvalue weighted by Crippen LogP contribution is -2.63. The van der Waals surface area contributed by atoms with Crippen LogP contribution in [0.25, 0.3) is 0 Å². The smallest absolute Gasteiger partial charge is 0.368 e. The van der Waals surface area contributed by atoms with Gasteiger partial charge in [0.2, 0.25) is 5.91 Å². The Morgan fingerprint density at radius 2 is 1.87 bits per heavy atom. The number of hydrogen-bond acceptors (Lipinski definition) is 4. The summed E-state index contributed by atoms with van der Waals surface area (Å²) >= 11 is 5.70. The number of morpholine rings is 1. The van der Waals surface area contributed by atoms with E-state index < -0.39 is 11.7 Å². The normalized spacial score (nSPS) is 25.1. The third-order valence-electron chi connectivity index (χ3n) is 5.77. The number of amides is 3. The van der Waals surface area contributed by atoms with Crippen molar-refractivity contribution in [2.24, 2.45) is 0 Å². The maximum Gasteiger partial charge on any atom is 0.417 e. The van der Waals surface area contributed by atoms with Gasteiger partial charge < -0.3 is 24.8 Å². The van der Waals surface area contributed by atoms with Crippen molar-refractivity contribution in [2.45, 2.75) is 24.7 Å². The van der Waals surface area contributed by atoms with Crippen molar-refractivity contribution >= 4 is 29.2 Å². The van der Waals surface area contributed by atoms with Crippen LogP contribution in [0.4, 0.5) is 23.7 Å². The molecule has 0 bridgehead atoms. The Hall–Kier alpha value is -2.20. The Kier molecular flexibility index (Phi) is 5.71. The molecule has 4 rings (SSSR count). The Bertz CT molecular complexity index is 830. The van der Waals surface area contributed by atoms with Crippen LogP contribution in [-0.2, 0) is 15.7 Å². The molecule has 3 aliphatic rings. The maximum atomic E-state index is 13.1. The van der Waals surface area contributed by atoms with Crippen LogP contribution in [-0.4, -0.2) is 79.8 Å². The number of carbonyl (C=O) groups excluding carboxylic acids is 2. The Morgan fingerprint density at radius 3 is 2.57 bits per heavy atom. The molecule has 2 unspecified atom stereocenters. The molecule has 3 heterocycles. The summed E-state index contributed by atoms with van der Waals surface area (Å²) < 4.78 is 44.9. The number of ether oxygens (including phenoxy) is 1. The first-order valence-electron chi connectivity index (χ1n) is 9.79. The van der Waals surface area contributed by atoms with Crippen molar-refractivity contribution in [1.29, 1.82) is 0 Å². The number of alkyl halides is 3. The SMILES string of the molecule is O=C1COC2CCN(C(=O)N3CCN(c4ccc(Cl)c(C(F)(F)F)c4)CC3)CC2N1. The van der Waals surface area contributed by atoms with E-state index in [1.807, 2.05) is 4.90 Å². The van der Waals surface area contributed by atoms with Crippen LogP contribution in [0.2, 0.25) is 5.02 Å². The van der Waals surface area contributed by atoms with Gasteiger partial charge in [-0.05, 0) is 24.6 Å². The number of anilines is 1. The largest absolute Gasteiger partial charge is 0.417 e. The number of nitrogens with one attached hydrogen (secondary N) is 1. The van der Waals surface area contributed by atoms with Crippen LogP contribution in [0.15, 0.2) is 18.2 Å². The van der Waals surface area contributed by atoms with Gasteiger partial charge in [-0.1, -0.05) is 11.6 Å². The Balaban J connectivity index is 1.36. The number of fused-ring (bicyclic) bond motifs is 1. The van der Waals surface area contributed by atoms with E-state index in [1.54, 1.807) is 15.9 Å². The third-order valence-corrected chi connectivity index (χ3v) is 6.10. The highest BCUT2D eigenvalue weighted by Gasteiger charge is 2.38. The van der Waals surface area contributed by atoms with Crippen molar-refractivity contribution in [3.8, 4) is 0 Å². The van der Waals surface area contributed by atoms with Gasteiger partial charge in [0, 0.05) is 45.0 Å². The molecule has 0 saturated carbocycles. The van der Waals surface area contributed by atoms with Crippen LogP contribution in [0.1, 0.15) is 12.0 Å². The number of benzene rings is 1. The van der Waals surface area contributed by atoms with Crippen LogP contribution < -0.4 is 10.2 Å². The molecule has 1 aromatic rings. The van der Waals surface area contributed by atoms with Gasteiger partial charge in [-0.2, -0.15) is 13.2 Å². The summed E-state index contributed by atoms with van der Waals surface area (Å²) in [6.45, 7) is 2.63. The number of carbonyl (C=O) groups is 2. The minimum absolute atomic E-state index is 0.0534. The first kappa shape index (κ1) is 21.0. The molecule has 1 aromatic carbocycles. The standard InChI is InChI=1S/C19H22ClF3N4O3/c20-14-2-1-12(9-13(14)19(21,22)23)25-5-7-26(8-6-25)18(29)27-4-3-16-15(10-27)24-17(28)11-30-16/h1-2,9,15-16H,3-8,10-11H2,(H,24,28). The number of piperidine rings is 1. The molecule has 0 radical (unpaired) electrons. The van der Waals surface area contributed by atoms with Crippen molar-refractivity contribution in [3.05, 3.63) is 28.8 Å². The molecule has 3 aliphatic heterocycles. The van der Waals surface area contributed by atoms with E-state index in [-0.39, 0.29) is 35.7 Å². The number of hydrogen-bond donors (Lipinski definition) is 1. The van der Waals surface area contributed by atoms with E-state index in [9.17, 15) is 22.8 Å². The van der Waals surface area contributed by atoms with Gasteiger partial charge in [0.05, 0.1) is 22.7 Å². The molecule has 0 aromatic heterocycles. The topological polar surface area (TPSA) is 65.1 Å². The molecular formula is C19H22ClF3N4O3. The number of likely N-dealkylation sites (tertiary alicyclic amines) is 1. The Labute approximate surface area is 176 Å². The van der Waals surface area contributed by atoms with Gasteiger partial charge in [-0.3, -0.25) is 4.79 Å². The summed E-state index contributed by atoms with van der Waals surface area (Å²) in [6.07, 6.45) is -3.94. The van der Waals surface area contributed by atoms with Crippen LogP contribution in [0.5, 0.6) is 0 Å². The van der Waals surface area contributed by atoms with E-state index in [4.69, 9.17) is 16.3 Å². The van der Waals surface area contributed by atoms with Gasteiger partial charge in [0.25, 0.3) is 0 Å². The minimum atomic E-state index is -4.52. The summed E-state index contributed by atoms with van der Waals surface area (Å²) in [5.41, 5.74) is -0.429. The molecule has 0 spiro atoms. The van der Waals surface area contributed by atoms with Gasteiger partial charge in [-0.15, -0.1) is 0 Å². The fourth-order valence-corrected chi connectivity index (χ4v) is 4.38. The van der Waals surface area contributed by atoms with Crippen LogP contribution >= 0.6 is 11.6 Å². The minimum Gasteiger partial charge on any atom is -0.368 e. The number of nitrogens with zero attached hydrogens (tertiary/aromatic N) is 3. The highest BCUT2D eigenvalue weighted by molar-refractivity contribution is 6.31. The second kappa shape index (κ2) is 8.14. The zero-order valence-electron chi connectivity index (χ0n) is 16.1. The van der Waals surface area contributed by atoms with E-state index >= 15 is 0 Å². The second-order valence-electron chi connectivity index (χ2n) is 7.68. The van der Waals surface area contributed by atoms with Gasteiger partial charge >= 0.3 is 12.2 Å². The molecule has 7 nitrogen and oxygen atoms in total. The average molecular weight is 447 g/mol. The Morgan fingerprint density at radius 1 is 1.13 bits per heavy atom. The maximum absolute atomic E-state index is 13.1. The summed E-state index contributed by atoms with van der Waals surface area (Å²) in [5.74, 6) is -0.180. The fraction of sp³-hybridized carbons (Fsp3) is 0.579. The van der Waals surface area contributed by atoms with Crippen molar-refractivity contribution in [1.82, 2.24) is 15.1 Å². The molecule has 3 saturated heterocycles. The lowest BCUT2D eigenvalue weighted by atomic mass is 10.0. The monoisotopic (exact) mass is 446 g/mol. The van der Waals surface area contributed by atoms with Crippen LogP contribution in [0.3, 0.4) is 0 Å². The zero-order chi connectivity index (χ0) is 21.5. The van der Waals surface area contributed by atoms with Crippen molar-refractivity contribution in [2.75, 3.05) is 50.8 Å². The first-order valence-corrected chi connectivity index (χ1v) is 10.2. The molecule has 2 atom stereocenters. The van der Waals surface area contributed by atoms with E-state index in [0.29, 0.717) is 51.4 Å².